The fraction of sp³-hybridized carbons (Fsp3) is 0.556. The van der Waals surface area contributed by atoms with Gasteiger partial charge < -0.3 is 19.9 Å². The number of likely N-dealkylation sites (N-methyl/N-ethyl adjacent to an activating group) is 1. The molecule has 0 aliphatic heterocycles. The van der Waals surface area contributed by atoms with Gasteiger partial charge in [0.1, 0.15) is 5.75 Å². The van der Waals surface area contributed by atoms with E-state index in [1.54, 1.807) is 26.1 Å². The van der Waals surface area contributed by atoms with E-state index in [9.17, 15) is 4.79 Å². The summed E-state index contributed by atoms with van der Waals surface area (Å²) in [5.74, 6) is 1.60. The van der Waals surface area contributed by atoms with E-state index in [4.69, 9.17) is 4.74 Å². The number of amides is 1. The van der Waals surface area contributed by atoms with Crippen molar-refractivity contribution in [3.8, 4) is 5.75 Å². The second-order valence-corrected chi connectivity index (χ2v) is 5.90. The lowest BCUT2D eigenvalue weighted by Crippen LogP contribution is -2.44. The zero-order valence-corrected chi connectivity index (χ0v) is 18.2. The third-order valence-electron chi connectivity index (χ3n) is 3.68. The summed E-state index contributed by atoms with van der Waals surface area (Å²) in [4.78, 5) is 20.1. The molecule has 7 heteroatoms. The Hall–Kier alpha value is -1.51. The summed E-state index contributed by atoms with van der Waals surface area (Å²) < 4.78 is 5.17. The number of carbonyl (C=O) groups excluding carboxylic acids is 1. The molecule has 25 heavy (non-hydrogen) atoms. The van der Waals surface area contributed by atoms with Crippen molar-refractivity contribution in [2.24, 2.45) is 4.99 Å². The molecular weight excluding hydrogens is 431 g/mol. The zero-order chi connectivity index (χ0) is 17.9. The number of halogens is 1. The fourth-order valence-electron chi connectivity index (χ4n) is 2.02. The molecule has 0 fully saturated rings. The van der Waals surface area contributed by atoms with Crippen LogP contribution in [0.25, 0.3) is 0 Å². The van der Waals surface area contributed by atoms with Gasteiger partial charge in [-0.15, -0.1) is 24.0 Å². The van der Waals surface area contributed by atoms with Gasteiger partial charge in [-0.2, -0.15) is 0 Å². The molecule has 0 aliphatic rings. The summed E-state index contributed by atoms with van der Waals surface area (Å²) in [5, 5.41) is 3.16. The molecule has 1 aromatic rings. The first kappa shape index (κ1) is 23.5. The maximum absolute atomic E-state index is 11.8. The molecule has 0 saturated carbocycles. The van der Waals surface area contributed by atoms with E-state index in [-0.39, 0.29) is 36.4 Å². The van der Waals surface area contributed by atoms with E-state index >= 15 is 0 Å². The fourth-order valence-corrected chi connectivity index (χ4v) is 2.02. The summed E-state index contributed by atoms with van der Waals surface area (Å²) in [6, 6.07) is 7.84. The van der Waals surface area contributed by atoms with Crippen LogP contribution in [0.3, 0.4) is 0 Å². The minimum Gasteiger partial charge on any atom is -0.497 e. The predicted octanol–water partition coefficient (Wildman–Crippen LogP) is 2.58. The van der Waals surface area contributed by atoms with E-state index in [0.717, 1.165) is 36.7 Å². The number of benzene rings is 1. The van der Waals surface area contributed by atoms with Crippen molar-refractivity contribution in [1.82, 2.24) is 15.1 Å². The number of rotatable bonds is 8. The molecule has 0 saturated heterocycles. The number of nitrogens with one attached hydrogen (secondary N) is 1. The molecule has 0 aliphatic carbocycles. The summed E-state index contributed by atoms with van der Waals surface area (Å²) in [5.41, 5.74) is 1.10. The Kier molecular flexibility index (Phi) is 12.0. The van der Waals surface area contributed by atoms with Gasteiger partial charge in [-0.1, -0.05) is 25.5 Å². The van der Waals surface area contributed by atoms with Gasteiger partial charge in [0, 0.05) is 27.7 Å². The van der Waals surface area contributed by atoms with Gasteiger partial charge in [-0.05, 0) is 24.1 Å². The molecular formula is C18H31IN4O2. The Morgan fingerprint density at radius 1 is 1.20 bits per heavy atom. The van der Waals surface area contributed by atoms with E-state index < -0.39 is 0 Å². The highest BCUT2D eigenvalue weighted by molar-refractivity contribution is 14.0. The third-order valence-corrected chi connectivity index (χ3v) is 3.68. The molecule has 0 radical (unpaired) electrons. The van der Waals surface area contributed by atoms with Crippen molar-refractivity contribution in [1.29, 1.82) is 0 Å². The topological polar surface area (TPSA) is 57.2 Å². The molecule has 0 bridgehead atoms. The van der Waals surface area contributed by atoms with E-state index in [1.165, 1.54) is 0 Å². The van der Waals surface area contributed by atoms with Crippen molar-refractivity contribution >= 4 is 35.8 Å². The van der Waals surface area contributed by atoms with Gasteiger partial charge in [-0.3, -0.25) is 4.79 Å². The Bertz CT molecular complexity index is 532. The molecule has 1 N–H and O–H groups in total. The quantitative estimate of drug-likeness (QED) is 0.367. The SMILES string of the molecule is CCCCN(C)C(=NCc1ccc(OC)cc1)NCC(=O)N(C)C.I. The zero-order valence-electron chi connectivity index (χ0n) is 15.9. The first-order valence-electron chi connectivity index (χ1n) is 8.30. The molecule has 0 aromatic heterocycles. The van der Waals surface area contributed by atoms with Crippen LogP contribution in [0.5, 0.6) is 5.75 Å². The standard InChI is InChI=1S/C18H30N4O2.HI/c1-6-7-12-22(4)18(20-14-17(23)21(2)3)19-13-15-8-10-16(24-5)11-9-15;/h8-11H,6-7,12-14H2,1-5H3,(H,19,20);1H. The number of carbonyl (C=O) groups is 1. The highest BCUT2D eigenvalue weighted by Crippen LogP contribution is 2.12. The molecule has 142 valence electrons. The number of methoxy groups -OCH3 is 1. The van der Waals surface area contributed by atoms with E-state index in [1.807, 2.05) is 31.3 Å². The number of nitrogens with zero attached hydrogens (tertiary/aromatic N) is 3. The first-order chi connectivity index (χ1) is 11.5. The van der Waals surface area contributed by atoms with Gasteiger partial charge in [0.05, 0.1) is 20.2 Å². The number of ether oxygens (including phenoxy) is 1. The van der Waals surface area contributed by atoms with Crippen molar-refractivity contribution in [2.45, 2.75) is 26.3 Å². The maximum atomic E-state index is 11.8. The van der Waals surface area contributed by atoms with E-state index in [0.29, 0.717) is 6.54 Å². The van der Waals surface area contributed by atoms with Crippen LogP contribution in [-0.2, 0) is 11.3 Å². The average molecular weight is 462 g/mol. The Morgan fingerprint density at radius 3 is 2.36 bits per heavy atom. The largest absolute Gasteiger partial charge is 0.497 e. The number of guanidine groups is 1. The number of aliphatic imine (C=N–C) groups is 1. The Labute approximate surface area is 168 Å². The van der Waals surface area contributed by atoms with Gasteiger partial charge in [0.15, 0.2) is 5.96 Å². The second kappa shape index (κ2) is 12.8. The normalized spacial score (nSPS) is 10.7. The van der Waals surface area contributed by atoms with Crippen molar-refractivity contribution in [2.75, 3.05) is 41.3 Å². The van der Waals surface area contributed by atoms with Crippen LogP contribution in [-0.4, -0.2) is 63.0 Å². The lowest BCUT2D eigenvalue weighted by Gasteiger charge is -2.23. The summed E-state index contributed by atoms with van der Waals surface area (Å²) >= 11 is 0. The maximum Gasteiger partial charge on any atom is 0.241 e. The smallest absolute Gasteiger partial charge is 0.241 e. The van der Waals surface area contributed by atoms with E-state index in [2.05, 4.69) is 22.1 Å². The van der Waals surface area contributed by atoms with Gasteiger partial charge in [0.2, 0.25) is 5.91 Å². The molecule has 0 unspecified atom stereocenters. The predicted molar refractivity (Wildman–Crippen MR) is 114 cm³/mol. The summed E-state index contributed by atoms with van der Waals surface area (Å²) in [7, 11) is 7.15. The monoisotopic (exact) mass is 462 g/mol. The van der Waals surface area contributed by atoms with Crippen LogP contribution >= 0.6 is 24.0 Å². The molecule has 1 rings (SSSR count). The van der Waals surface area contributed by atoms with Crippen molar-refractivity contribution in [3.05, 3.63) is 29.8 Å². The third kappa shape index (κ3) is 8.94. The van der Waals surface area contributed by atoms with Crippen LogP contribution in [0, 0.1) is 0 Å². The van der Waals surface area contributed by atoms with Gasteiger partial charge >= 0.3 is 0 Å². The Morgan fingerprint density at radius 2 is 1.84 bits per heavy atom. The van der Waals surface area contributed by atoms with Gasteiger partial charge in [-0.25, -0.2) is 4.99 Å². The number of hydrogen-bond acceptors (Lipinski definition) is 3. The second-order valence-electron chi connectivity index (χ2n) is 5.90. The molecule has 0 spiro atoms. The summed E-state index contributed by atoms with van der Waals surface area (Å²) in [6.07, 6.45) is 2.20. The van der Waals surface area contributed by atoms with Crippen LogP contribution in [0.1, 0.15) is 25.3 Å². The summed E-state index contributed by atoms with van der Waals surface area (Å²) in [6.45, 7) is 3.86. The number of hydrogen-bond donors (Lipinski definition) is 1. The van der Waals surface area contributed by atoms with Crippen molar-refractivity contribution < 1.29 is 9.53 Å². The van der Waals surface area contributed by atoms with Crippen LogP contribution < -0.4 is 10.1 Å². The van der Waals surface area contributed by atoms with Crippen LogP contribution in [0.2, 0.25) is 0 Å². The van der Waals surface area contributed by atoms with Crippen LogP contribution in [0.15, 0.2) is 29.3 Å². The molecule has 1 aromatic carbocycles. The molecule has 0 atom stereocenters. The molecule has 0 heterocycles. The van der Waals surface area contributed by atoms with Crippen molar-refractivity contribution in [3.63, 3.8) is 0 Å². The Balaban J connectivity index is 0.00000576. The van der Waals surface area contributed by atoms with Crippen LogP contribution in [0.4, 0.5) is 0 Å². The highest BCUT2D eigenvalue weighted by Gasteiger charge is 2.09. The number of unbranched alkanes of at least 4 members (excludes halogenated alkanes) is 1. The minimum absolute atomic E-state index is 0. The molecule has 6 nitrogen and oxygen atoms in total. The minimum atomic E-state index is 0. The lowest BCUT2D eigenvalue weighted by molar-refractivity contribution is -0.127. The average Bonchev–Trinajstić information content (AvgIpc) is 2.59. The lowest BCUT2D eigenvalue weighted by atomic mass is 10.2. The van der Waals surface area contributed by atoms with Gasteiger partial charge in [0.25, 0.3) is 0 Å². The first-order valence-corrected chi connectivity index (χ1v) is 8.30. The highest BCUT2D eigenvalue weighted by atomic mass is 127. The molecule has 1 amide bonds.